The van der Waals surface area contributed by atoms with Gasteiger partial charge in [0, 0.05) is 12.8 Å². The third-order valence-corrected chi connectivity index (χ3v) is 11.3. The van der Waals surface area contributed by atoms with Gasteiger partial charge in [-0.05, 0) is 78.9 Å². The zero-order valence-electron chi connectivity index (χ0n) is 20.9. The molecule has 1 spiro atoms. The lowest BCUT2D eigenvalue weighted by Crippen LogP contribution is -2.60. The van der Waals surface area contributed by atoms with E-state index in [0.717, 1.165) is 18.8 Å². The quantitative estimate of drug-likeness (QED) is 0.514. The number of carbonyl (C=O) groups excluding carboxylic acids is 2. The summed E-state index contributed by atoms with van der Waals surface area (Å²) in [6.45, 7) is 11.5. The highest BCUT2D eigenvalue weighted by molar-refractivity contribution is 5.74. The van der Waals surface area contributed by atoms with Crippen LogP contribution in [0.4, 0.5) is 0 Å². The van der Waals surface area contributed by atoms with E-state index >= 15 is 0 Å². The maximum atomic E-state index is 12.2. The summed E-state index contributed by atoms with van der Waals surface area (Å²) in [5.74, 6) is 1.32. The second-order valence-electron chi connectivity index (χ2n) is 13.3. The third kappa shape index (κ3) is 2.92. The number of esters is 2. The summed E-state index contributed by atoms with van der Waals surface area (Å²) >= 11 is 0. The zero-order valence-corrected chi connectivity index (χ0v) is 20.9. The smallest absolute Gasteiger partial charge is 0.311 e. The molecule has 0 aromatic heterocycles. The molecule has 6 heteroatoms. The zero-order chi connectivity index (χ0) is 23.4. The topological polar surface area (TPSA) is 71.1 Å². The van der Waals surface area contributed by atoms with Crippen molar-refractivity contribution in [3.8, 4) is 0 Å². The van der Waals surface area contributed by atoms with E-state index in [1.807, 2.05) is 0 Å². The second-order valence-corrected chi connectivity index (χ2v) is 13.3. The Hall–Kier alpha value is -1.14. The van der Waals surface area contributed by atoms with Crippen LogP contribution in [-0.2, 0) is 28.5 Å². The van der Waals surface area contributed by atoms with Crippen LogP contribution in [0.15, 0.2) is 0 Å². The molecule has 10 atom stereocenters. The first-order valence-electron chi connectivity index (χ1n) is 13.2. The summed E-state index contributed by atoms with van der Waals surface area (Å²) in [5, 5.41) is 0. The van der Waals surface area contributed by atoms with E-state index in [0.29, 0.717) is 22.7 Å². The van der Waals surface area contributed by atoms with E-state index in [9.17, 15) is 9.59 Å². The molecule has 6 rings (SSSR count). The molecular weight excluding hydrogens is 420 g/mol. The van der Waals surface area contributed by atoms with Gasteiger partial charge in [-0.1, -0.05) is 34.1 Å². The van der Waals surface area contributed by atoms with Gasteiger partial charge in [-0.25, -0.2) is 0 Å². The molecule has 3 aliphatic carbocycles. The van der Waals surface area contributed by atoms with Crippen molar-refractivity contribution in [1.82, 2.24) is 0 Å². The van der Waals surface area contributed by atoms with Gasteiger partial charge >= 0.3 is 11.9 Å². The van der Waals surface area contributed by atoms with Gasteiger partial charge in [0.05, 0.1) is 6.42 Å². The fourth-order valence-electron chi connectivity index (χ4n) is 10.1. The maximum absolute atomic E-state index is 12.2. The third-order valence-electron chi connectivity index (χ3n) is 11.3. The molecule has 184 valence electrons. The van der Waals surface area contributed by atoms with E-state index in [2.05, 4.69) is 27.7 Å². The molecule has 2 bridgehead atoms. The van der Waals surface area contributed by atoms with Crippen molar-refractivity contribution >= 4 is 11.9 Å². The van der Waals surface area contributed by atoms with Crippen molar-refractivity contribution in [2.24, 2.45) is 39.9 Å². The Morgan fingerprint density at radius 3 is 2.55 bits per heavy atom. The summed E-state index contributed by atoms with van der Waals surface area (Å²) in [6.07, 6.45) is 7.84. The normalized spacial score (nSPS) is 54.2. The monoisotopic (exact) mass is 460 g/mol. The minimum Gasteiger partial charge on any atom is -0.459 e. The maximum Gasteiger partial charge on any atom is 0.311 e. The summed E-state index contributed by atoms with van der Waals surface area (Å²) in [4.78, 5) is 24.4. The van der Waals surface area contributed by atoms with Gasteiger partial charge in [0.25, 0.3) is 0 Å². The Balaban J connectivity index is 1.39. The predicted octanol–water partition coefficient (Wildman–Crippen LogP) is 4.98. The molecule has 3 aliphatic heterocycles. The largest absolute Gasteiger partial charge is 0.459 e. The van der Waals surface area contributed by atoms with Crippen LogP contribution >= 0.6 is 0 Å². The van der Waals surface area contributed by atoms with Crippen molar-refractivity contribution in [3.63, 3.8) is 0 Å². The fourth-order valence-corrected chi connectivity index (χ4v) is 10.1. The van der Waals surface area contributed by atoms with Gasteiger partial charge in [0.2, 0.25) is 6.29 Å². The summed E-state index contributed by atoms with van der Waals surface area (Å²) in [7, 11) is 0. The molecule has 0 N–H and O–H groups in total. The van der Waals surface area contributed by atoms with Crippen LogP contribution in [0.25, 0.3) is 0 Å². The number of hydrogen-bond acceptors (Lipinski definition) is 6. The van der Waals surface area contributed by atoms with Crippen LogP contribution in [-0.4, -0.2) is 36.2 Å². The van der Waals surface area contributed by atoms with Gasteiger partial charge in [-0.15, -0.1) is 0 Å². The Bertz CT molecular complexity index is 869. The van der Waals surface area contributed by atoms with Crippen molar-refractivity contribution < 1.29 is 28.5 Å². The molecule has 6 fully saturated rings. The van der Waals surface area contributed by atoms with Crippen molar-refractivity contribution in [2.75, 3.05) is 0 Å². The highest BCUT2D eigenvalue weighted by Gasteiger charge is 2.71. The second kappa shape index (κ2) is 6.96. The SMILES string of the molecule is CC(=O)O[C@@H]1C[C@@H]2[C@H](CC[C@H]3[C@@]2(C)CC[C@H]2C(C)(C)CCC[C@]32C)[C@@H]2O[C@H]3OC(=O)C[C@@]31O2. The molecule has 3 saturated heterocycles. The Morgan fingerprint density at radius 1 is 1.00 bits per heavy atom. The Kier molecular flexibility index (Phi) is 4.71. The molecule has 33 heavy (non-hydrogen) atoms. The van der Waals surface area contributed by atoms with Crippen LogP contribution in [0, 0.1) is 39.9 Å². The molecular formula is C27H40O6. The first kappa shape index (κ1) is 22.3. The van der Waals surface area contributed by atoms with Gasteiger partial charge in [-0.3, -0.25) is 9.59 Å². The first-order valence-corrected chi connectivity index (χ1v) is 13.2. The molecule has 3 heterocycles. The number of hydrogen-bond donors (Lipinski definition) is 0. The highest BCUT2D eigenvalue weighted by Crippen LogP contribution is 2.71. The fraction of sp³-hybridized carbons (Fsp3) is 0.926. The number of rotatable bonds is 1. The highest BCUT2D eigenvalue weighted by atomic mass is 16.8. The standard InChI is InChI=1S/C27H40O6/c1-15(28)30-20-13-17-16(22-32-23-27(20,33-22)14-21(29)31-23)7-8-19-25(17,4)12-9-18-24(2,3)10-6-11-26(18,19)5/h16-20,22-23H,6-14H2,1-5H3/t16-,17+,18-,19-,20+,22+,23+,25-,26-,27-/m0/s1. The van der Waals surface area contributed by atoms with Crippen molar-refractivity contribution in [1.29, 1.82) is 0 Å². The molecule has 6 nitrogen and oxygen atoms in total. The van der Waals surface area contributed by atoms with Crippen LogP contribution in [0.1, 0.15) is 92.4 Å². The summed E-state index contributed by atoms with van der Waals surface area (Å²) in [5.41, 5.74) is -0.109. The van der Waals surface area contributed by atoms with Gasteiger partial charge in [0.1, 0.15) is 6.10 Å². The molecule has 0 unspecified atom stereocenters. The Morgan fingerprint density at radius 2 is 1.79 bits per heavy atom. The van der Waals surface area contributed by atoms with Crippen LogP contribution in [0.2, 0.25) is 0 Å². The van der Waals surface area contributed by atoms with E-state index < -0.39 is 18.0 Å². The van der Waals surface area contributed by atoms with Gasteiger partial charge in [-0.2, -0.15) is 0 Å². The van der Waals surface area contributed by atoms with E-state index in [4.69, 9.17) is 18.9 Å². The van der Waals surface area contributed by atoms with Crippen LogP contribution in [0.5, 0.6) is 0 Å². The summed E-state index contributed by atoms with van der Waals surface area (Å²) in [6, 6.07) is 0. The molecule has 0 amide bonds. The number of carbonyl (C=O) groups is 2. The Labute approximate surface area is 197 Å². The number of fused-ring (bicyclic) bond motifs is 7. The molecule has 0 aromatic rings. The minimum absolute atomic E-state index is 0.0969. The van der Waals surface area contributed by atoms with Crippen LogP contribution < -0.4 is 0 Å². The van der Waals surface area contributed by atoms with E-state index in [1.54, 1.807) is 0 Å². The first-order chi connectivity index (χ1) is 15.5. The van der Waals surface area contributed by atoms with Gasteiger partial charge in [0.15, 0.2) is 11.9 Å². The molecule has 3 saturated carbocycles. The minimum atomic E-state index is -0.995. The lowest BCUT2D eigenvalue weighted by molar-refractivity contribution is -0.222. The molecule has 6 aliphatic rings. The lowest BCUT2D eigenvalue weighted by Gasteiger charge is -2.67. The van der Waals surface area contributed by atoms with E-state index in [-0.39, 0.29) is 36.0 Å². The van der Waals surface area contributed by atoms with Crippen molar-refractivity contribution in [3.05, 3.63) is 0 Å². The average molecular weight is 461 g/mol. The van der Waals surface area contributed by atoms with Crippen LogP contribution in [0.3, 0.4) is 0 Å². The number of ether oxygens (including phenoxy) is 4. The summed E-state index contributed by atoms with van der Waals surface area (Å²) < 4.78 is 24.2. The predicted molar refractivity (Wildman–Crippen MR) is 120 cm³/mol. The van der Waals surface area contributed by atoms with E-state index in [1.165, 1.54) is 45.4 Å². The lowest BCUT2D eigenvalue weighted by atomic mass is 9.38. The average Bonchev–Trinajstić information content (AvgIpc) is 3.15. The molecule has 0 aromatic carbocycles. The van der Waals surface area contributed by atoms with Crippen molar-refractivity contribution in [2.45, 2.75) is 117 Å². The molecule has 0 radical (unpaired) electrons. The van der Waals surface area contributed by atoms with Gasteiger partial charge < -0.3 is 18.9 Å².